The van der Waals surface area contributed by atoms with Gasteiger partial charge in [0, 0.05) is 27.1 Å². The molecule has 0 amide bonds. The summed E-state index contributed by atoms with van der Waals surface area (Å²) in [5.41, 5.74) is -1.00. The summed E-state index contributed by atoms with van der Waals surface area (Å²) in [7, 11) is 1.67. The normalized spacial score (nSPS) is 12.9. The predicted molar refractivity (Wildman–Crippen MR) is 111 cm³/mol. The monoisotopic (exact) mass is 477 g/mol. The van der Waals surface area contributed by atoms with Gasteiger partial charge >= 0.3 is 12.1 Å². The molecule has 0 radical (unpaired) electrons. The number of imidazole rings is 1. The smallest absolute Gasteiger partial charge is 0.325 e. The van der Waals surface area contributed by atoms with Crippen LogP contribution in [0.3, 0.4) is 0 Å². The average molecular weight is 478 g/mol. The lowest BCUT2D eigenvalue weighted by atomic mass is 10.2. The van der Waals surface area contributed by atoms with Crippen molar-refractivity contribution in [2.24, 2.45) is 7.05 Å². The molecule has 0 aliphatic carbocycles. The number of benzene rings is 1. The lowest BCUT2D eigenvalue weighted by Gasteiger charge is -2.18. The summed E-state index contributed by atoms with van der Waals surface area (Å²) < 4.78 is 68.2. The van der Waals surface area contributed by atoms with E-state index in [-0.39, 0.29) is 5.52 Å². The molecule has 0 unspecified atom stereocenters. The Hall–Kier alpha value is -1.91. The summed E-state index contributed by atoms with van der Waals surface area (Å²) in [5.74, 6) is -3.81. The number of aromatic nitrogens is 3. The van der Waals surface area contributed by atoms with Gasteiger partial charge in [-0.1, -0.05) is 24.6 Å². The van der Waals surface area contributed by atoms with Crippen LogP contribution in [0.4, 0.5) is 22.0 Å². The number of halogens is 6. The molecule has 0 atom stereocenters. The second-order valence-electron chi connectivity index (χ2n) is 6.46. The van der Waals surface area contributed by atoms with Crippen molar-refractivity contribution in [3.63, 3.8) is 0 Å². The van der Waals surface area contributed by atoms with Gasteiger partial charge in [0.2, 0.25) is 0 Å². The Morgan fingerprint density at radius 1 is 1.17 bits per heavy atom. The molecule has 0 aliphatic rings. The first kappa shape index (κ1) is 21.3. The first-order chi connectivity index (χ1) is 14.0. The van der Waals surface area contributed by atoms with Gasteiger partial charge < -0.3 is 4.57 Å². The van der Waals surface area contributed by atoms with Crippen LogP contribution in [0.1, 0.15) is 12.6 Å². The number of hydrogen-bond acceptors (Lipinski definition) is 4. The minimum atomic E-state index is -5.74. The maximum Gasteiger partial charge on any atom is 0.459 e. The lowest BCUT2D eigenvalue weighted by Crippen LogP contribution is -2.34. The highest BCUT2D eigenvalue weighted by molar-refractivity contribution is 7.99. The molecule has 4 aromatic rings. The second-order valence-corrected chi connectivity index (χ2v) is 9.22. The third-order valence-corrected chi connectivity index (χ3v) is 7.06. The Morgan fingerprint density at radius 3 is 2.57 bits per heavy atom. The fraction of sp³-hybridized carbons (Fsp3) is 0.263. The standard InChI is InChI=1S/C19H13ClF5N3S2/c1-3-29-15-10-5-4-9(20)6-13(10)30-16(15)17-27-11-7-14(18(21,22)19(23,24)25)26-8-12(11)28(17)2/h4-8H,3H2,1-2H3. The number of rotatable bonds is 4. The van der Waals surface area contributed by atoms with E-state index in [0.717, 1.165) is 31.8 Å². The molecule has 0 saturated heterocycles. The van der Waals surface area contributed by atoms with Crippen LogP contribution >= 0.6 is 34.7 Å². The molecule has 4 rings (SSSR count). The molecule has 1 aromatic carbocycles. The maximum atomic E-state index is 13.7. The number of thiophene rings is 1. The number of thioether (sulfide) groups is 1. The van der Waals surface area contributed by atoms with Crippen molar-refractivity contribution < 1.29 is 22.0 Å². The Bertz CT molecular complexity index is 1260. The van der Waals surface area contributed by atoms with Crippen LogP contribution in [0.2, 0.25) is 5.02 Å². The van der Waals surface area contributed by atoms with Crippen molar-refractivity contribution in [3.05, 3.63) is 41.2 Å². The van der Waals surface area contributed by atoms with Gasteiger partial charge in [0.15, 0.2) is 5.82 Å². The predicted octanol–water partition coefficient (Wildman–Crippen LogP) is 7.27. The molecule has 0 spiro atoms. The zero-order valence-electron chi connectivity index (χ0n) is 15.5. The van der Waals surface area contributed by atoms with Gasteiger partial charge in [0.25, 0.3) is 0 Å². The van der Waals surface area contributed by atoms with Gasteiger partial charge in [0.1, 0.15) is 5.69 Å². The third-order valence-electron chi connectivity index (χ3n) is 4.54. The van der Waals surface area contributed by atoms with E-state index < -0.39 is 17.8 Å². The van der Waals surface area contributed by atoms with Crippen LogP contribution in [0.15, 0.2) is 35.4 Å². The van der Waals surface area contributed by atoms with Gasteiger partial charge in [-0.2, -0.15) is 22.0 Å². The minimum Gasteiger partial charge on any atom is -0.325 e. The van der Waals surface area contributed by atoms with Crippen molar-refractivity contribution in [1.29, 1.82) is 0 Å². The first-order valence-electron chi connectivity index (χ1n) is 8.67. The summed E-state index contributed by atoms with van der Waals surface area (Å²) in [5, 5.41) is 1.57. The molecular formula is C19H13ClF5N3S2. The molecule has 30 heavy (non-hydrogen) atoms. The van der Waals surface area contributed by atoms with Crippen LogP contribution in [-0.2, 0) is 13.0 Å². The van der Waals surface area contributed by atoms with E-state index >= 15 is 0 Å². The largest absolute Gasteiger partial charge is 0.459 e. The van der Waals surface area contributed by atoms with Crippen LogP contribution in [0.25, 0.3) is 31.8 Å². The van der Waals surface area contributed by atoms with E-state index in [1.54, 1.807) is 29.4 Å². The number of nitrogens with zero attached hydrogens (tertiary/aromatic N) is 3. The van der Waals surface area contributed by atoms with Gasteiger partial charge in [0.05, 0.1) is 22.1 Å². The summed E-state index contributed by atoms with van der Waals surface area (Å²) in [6.45, 7) is 2.00. The van der Waals surface area contributed by atoms with E-state index in [2.05, 4.69) is 9.97 Å². The van der Waals surface area contributed by atoms with Crippen molar-refractivity contribution >= 4 is 55.8 Å². The van der Waals surface area contributed by atoms with Gasteiger partial charge in [-0.3, -0.25) is 4.98 Å². The van der Waals surface area contributed by atoms with Crippen molar-refractivity contribution in [3.8, 4) is 10.7 Å². The molecule has 0 bridgehead atoms. The first-order valence-corrected chi connectivity index (χ1v) is 10.8. The van der Waals surface area contributed by atoms with Crippen LogP contribution in [0, 0.1) is 0 Å². The number of alkyl halides is 5. The Balaban J connectivity index is 1.92. The topological polar surface area (TPSA) is 30.7 Å². The maximum absolute atomic E-state index is 13.7. The summed E-state index contributed by atoms with van der Waals surface area (Å²) in [4.78, 5) is 9.51. The molecule has 0 fully saturated rings. The molecule has 158 valence electrons. The highest BCUT2D eigenvalue weighted by Crippen LogP contribution is 2.46. The SMILES string of the molecule is CCSc1c(-c2nc3cc(C(F)(F)C(F)(F)F)ncc3n2C)sc2cc(Cl)ccc12. The minimum absolute atomic E-state index is 0.0179. The molecule has 11 heteroatoms. The fourth-order valence-corrected chi connectivity index (χ4v) is 5.70. The van der Waals surface area contributed by atoms with Crippen LogP contribution in [-0.4, -0.2) is 26.5 Å². The van der Waals surface area contributed by atoms with E-state index in [0.29, 0.717) is 22.4 Å². The second kappa shape index (κ2) is 7.35. The quantitative estimate of drug-likeness (QED) is 0.229. The highest BCUT2D eigenvalue weighted by Gasteiger charge is 2.60. The van der Waals surface area contributed by atoms with Gasteiger partial charge in [-0.05, 0) is 24.0 Å². The Morgan fingerprint density at radius 2 is 1.90 bits per heavy atom. The number of hydrogen-bond donors (Lipinski definition) is 0. The summed E-state index contributed by atoms with van der Waals surface area (Å²) in [6.07, 6.45) is -4.74. The number of aryl methyl sites for hydroxylation is 1. The van der Waals surface area contributed by atoms with Gasteiger partial charge in [-0.15, -0.1) is 23.1 Å². The zero-order chi connectivity index (χ0) is 21.8. The lowest BCUT2D eigenvalue weighted by molar-refractivity contribution is -0.290. The van der Waals surface area contributed by atoms with E-state index in [1.165, 1.54) is 11.3 Å². The van der Waals surface area contributed by atoms with Gasteiger partial charge in [-0.25, -0.2) is 4.98 Å². The molecule has 0 aliphatic heterocycles. The molecule has 0 saturated carbocycles. The van der Waals surface area contributed by atoms with Crippen molar-refractivity contribution in [1.82, 2.24) is 14.5 Å². The molecule has 3 heterocycles. The third kappa shape index (κ3) is 3.34. The molecule has 0 N–H and O–H groups in total. The van der Waals surface area contributed by atoms with E-state index in [9.17, 15) is 22.0 Å². The van der Waals surface area contributed by atoms with Crippen LogP contribution < -0.4 is 0 Å². The number of pyridine rings is 1. The van der Waals surface area contributed by atoms with E-state index in [1.807, 2.05) is 19.1 Å². The summed E-state index contributed by atoms with van der Waals surface area (Å²) >= 11 is 9.14. The van der Waals surface area contributed by atoms with E-state index in [4.69, 9.17) is 11.6 Å². The summed E-state index contributed by atoms with van der Waals surface area (Å²) in [6, 6.07) is 6.21. The molecular weight excluding hydrogens is 465 g/mol. The highest BCUT2D eigenvalue weighted by atomic mass is 35.5. The average Bonchev–Trinajstić information content (AvgIpc) is 3.18. The zero-order valence-corrected chi connectivity index (χ0v) is 17.9. The fourth-order valence-electron chi connectivity index (χ4n) is 3.09. The Labute approximate surface area is 180 Å². The number of fused-ring (bicyclic) bond motifs is 2. The van der Waals surface area contributed by atoms with Crippen molar-refractivity contribution in [2.45, 2.75) is 23.9 Å². The van der Waals surface area contributed by atoms with Crippen LogP contribution in [0.5, 0.6) is 0 Å². The Kier molecular flexibility index (Phi) is 5.22. The molecule has 3 aromatic heterocycles. The van der Waals surface area contributed by atoms with Crippen molar-refractivity contribution in [2.75, 3.05) is 5.75 Å². The molecule has 3 nitrogen and oxygen atoms in total.